The summed E-state index contributed by atoms with van der Waals surface area (Å²) in [5.74, 6) is -1.93. The molecule has 0 radical (unpaired) electrons. The standard InChI is InChI=1S/C43H26N2O7S2/c46-36-27-16-8-7-15-26(27)19-32(36)44-33-20-30-39(53-33)40-31(21-34(54-40)45-35-37(47)28-17-9-10-18-29(28)38(35)48)43(30,41(49)51-22-24-11-3-1-4-12-24)42(50)52-23-25-13-5-2-6-14-25/h1-18,20-21H,19,22-23H2/b44-32+. The summed E-state index contributed by atoms with van der Waals surface area (Å²) in [5, 5.41) is 0.936. The van der Waals surface area contributed by atoms with Gasteiger partial charge in [-0.05, 0) is 28.8 Å². The number of ketones is 1. The van der Waals surface area contributed by atoms with Gasteiger partial charge in [0.1, 0.15) is 23.2 Å². The van der Waals surface area contributed by atoms with E-state index in [1.165, 1.54) is 11.3 Å². The molecule has 0 saturated carbocycles. The molecule has 0 bridgehead atoms. The third-order valence-corrected chi connectivity index (χ3v) is 11.9. The lowest BCUT2D eigenvalue weighted by molar-refractivity contribution is -0.164. The second-order valence-electron chi connectivity index (χ2n) is 12.9. The van der Waals surface area contributed by atoms with Gasteiger partial charge in [-0.1, -0.05) is 109 Å². The van der Waals surface area contributed by atoms with E-state index in [4.69, 9.17) is 14.5 Å². The van der Waals surface area contributed by atoms with Crippen LogP contribution in [0.2, 0.25) is 0 Å². The van der Waals surface area contributed by atoms with Crippen LogP contribution in [-0.2, 0) is 44.1 Å². The molecule has 0 atom stereocenters. The second kappa shape index (κ2) is 13.2. The molecule has 9 rings (SSSR count). The molecule has 0 saturated heterocycles. The summed E-state index contributed by atoms with van der Waals surface area (Å²) in [6.07, 6.45) is 0.345. The maximum Gasteiger partial charge on any atom is 0.333 e. The SMILES string of the molecule is O=C1/C(=N/c2cc3c(s2)-c2sc(N=c4c(=O)c5ccccc5c4=O)cc2C3(C(=O)OCc2ccccc2)C(=O)OCc2ccccc2)Cc2ccccc21. The van der Waals surface area contributed by atoms with Crippen molar-refractivity contribution in [2.24, 2.45) is 9.98 Å². The number of ether oxygens (including phenoxy) is 2. The minimum absolute atomic E-state index is 0.120. The first-order valence-corrected chi connectivity index (χ1v) is 18.6. The van der Waals surface area contributed by atoms with Gasteiger partial charge in [0.05, 0.1) is 15.5 Å². The topological polar surface area (TPSA) is 129 Å². The second-order valence-corrected chi connectivity index (χ2v) is 15.0. The van der Waals surface area contributed by atoms with Crippen LogP contribution in [0.4, 0.5) is 10.0 Å². The van der Waals surface area contributed by atoms with Crippen molar-refractivity contribution in [3.05, 3.63) is 181 Å². The Morgan fingerprint density at radius 3 is 1.63 bits per heavy atom. The van der Waals surface area contributed by atoms with Crippen molar-refractivity contribution in [3.63, 3.8) is 0 Å². The van der Waals surface area contributed by atoms with Gasteiger partial charge < -0.3 is 9.47 Å². The summed E-state index contributed by atoms with van der Waals surface area (Å²) in [5.41, 5.74) is 0.684. The molecule has 0 fully saturated rings. The molecule has 2 aliphatic rings. The minimum Gasteiger partial charge on any atom is -0.459 e. The summed E-state index contributed by atoms with van der Waals surface area (Å²) in [6, 6.07) is 35.3. The Labute approximate surface area is 314 Å². The molecular formula is C43H26N2O7S2. The van der Waals surface area contributed by atoms with E-state index < -0.39 is 28.2 Å². The molecule has 54 heavy (non-hydrogen) atoms. The molecule has 0 spiro atoms. The number of esters is 2. The van der Waals surface area contributed by atoms with Crippen LogP contribution in [0.15, 0.2) is 141 Å². The summed E-state index contributed by atoms with van der Waals surface area (Å²) in [6.45, 7) is -0.241. The highest BCUT2D eigenvalue weighted by Crippen LogP contribution is 2.59. The first-order valence-electron chi connectivity index (χ1n) is 17.0. The number of hydrogen-bond acceptors (Lipinski definition) is 11. The predicted molar refractivity (Wildman–Crippen MR) is 207 cm³/mol. The summed E-state index contributed by atoms with van der Waals surface area (Å²) < 4.78 is 11.9. The van der Waals surface area contributed by atoms with Crippen LogP contribution in [0.25, 0.3) is 20.5 Å². The van der Waals surface area contributed by atoms with E-state index in [0.29, 0.717) is 49.1 Å². The monoisotopic (exact) mass is 746 g/mol. The molecule has 2 aliphatic carbocycles. The highest BCUT2D eigenvalue weighted by Gasteiger charge is 2.60. The summed E-state index contributed by atoms with van der Waals surface area (Å²) in [4.78, 5) is 79.8. The molecule has 262 valence electrons. The molecule has 5 aromatic carbocycles. The highest BCUT2D eigenvalue weighted by atomic mass is 32.1. The molecule has 7 aromatic rings. The zero-order chi connectivity index (χ0) is 37.0. The van der Waals surface area contributed by atoms with Gasteiger partial charge in [-0.2, -0.15) is 0 Å². The van der Waals surface area contributed by atoms with Gasteiger partial charge in [0.2, 0.25) is 22.1 Å². The van der Waals surface area contributed by atoms with E-state index >= 15 is 0 Å². The molecule has 9 nitrogen and oxygen atoms in total. The fourth-order valence-electron chi connectivity index (χ4n) is 7.08. The number of nitrogens with zero attached hydrogens (tertiary/aromatic N) is 2. The number of rotatable bonds is 8. The minimum atomic E-state index is -2.12. The molecule has 11 heteroatoms. The fraction of sp³-hybridized carbons (Fsp3) is 0.0930. The molecule has 0 N–H and O–H groups in total. The number of benzene rings is 4. The highest BCUT2D eigenvalue weighted by molar-refractivity contribution is 7.26. The molecule has 0 amide bonds. The van der Waals surface area contributed by atoms with E-state index in [1.807, 2.05) is 48.5 Å². The van der Waals surface area contributed by atoms with E-state index in [1.54, 1.807) is 72.8 Å². The zero-order valence-corrected chi connectivity index (χ0v) is 29.9. The number of aliphatic imine (C=N–C) groups is 1. The van der Waals surface area contributed by atoms with Crippen LogP contribution < -0.4 is 16.2 Å². The van der Waals surface area contributed by atoms with Gasteiger partial charge in [0.15, 0.2) is 5.36 Å². The molecule has 0 aliphatic heterocycles. The van der Waals surface area contributed by atoms with E-state index in [2.05, 4.69) is 4.99 Å². The number of fused-ring (bicyclic) bond motifs is 5. The molecule has 2 heterocycles. The first-order chi connectivity index (χ1) is 26.3. The van der Waals surface area contributed by atoms with Crippen molar-refractivity contribution in [1.82, 2.24) is 0 Å². The first kappa shape index (κ1) is 33.4. The molecule has 2 aromatic heterocycles. The van der Waals surface area contributed by atoms with Crippen LogP contribution in [-0.4, -0.2) is 23.4 Å². The number of carbonyl (C=O) groups is 3. The number of carbonyl (C=O) groups excluding carboxylic acids is 3. The number of hydrogen-bond donors (Lipinski definition) is 0. The van der Waals surface area contributed by atoms with Crippen molar-refractivity contribution in [3.8, 4) is 9.75 Å². The number of Topliss-reactive ketones (excluding diaryl/α,β-unsaturated/α-hetero) is 1. The number of thiophene rings is 2. The Balaban J connectivity index is 1.22. The van der Waals surface area contributed by atoms with Gasteiger partial charge in [-0.15, -0.1) is 22.7 Å². The van der Waals surface area contributed by atoms with Crippen molar-refractivity contribution in [2.75, 3.05) is 0 Å². The quantitative estimate of drug-likeness (QED) is 0.120. The summed E-state index contributed by atoms with van der Waals surface area (Å²) in [7, 11) is 0. The largest absolute Gasteiger partial charge is 0.459 e. The molecular weight excluding hydrogens is 721 g/mol. The van der Waals surface area contributed by atoms with Crippen LogP contribution >= 0.6 is 22.7 Å². The Morgan fingerprint density at radius 1 is 0.611 bits per heavy atom. The lowest BCUT2D eigenvalue weighted by atomic mass is 9.79. The van der Waals surface area contributed by atoms with Crippen LogP contribution in [0, 0.1) is 0 Å². The summed E-state index contributed by atoms with van der Waals surface area (Å²) >= 11 is 2.35. The normalized spacial score (nSPS) is 14.5. The Hall–Kier alpha value is -6.43. The Kier molecular flexibility index (Phi) is 8.17. The zero-order valence-electron chi connectivity index (χ0n) is 28.2. The molecule has 0 unspecified atom stereocenters. The van der Waals surface area contributed by atoms with E-state index in [9.17, 15) is 24.0 Å². The van der Waals surface area contributed by atoms with Crippen molar-refractivity contribution in [1.29, 1.82) is 0 Å². The fourth-order valence-corrected chi connectivity index (χ4v) is 9.44. The van der Waals surface area contributed by atoms with Crippen molar-refractivity contribution >= 4 is 66.9 Å². The van der Waals surface area contributed by atoms with Crippen LogP contribution in [0.1, 0.15) is 38.2 Å². The van der Waals surface area contributed by atoms with Gasteiger partial charge >= 0.3 is 11.9 Å². The third kappa shape index (κ3) is 5.39. The maximum absolute atomic E-state index is 14.7. The smallest absolute Gasteiger partial charge is 0.333 e. The van der Waals surface area contributed by atoms with Crippen LogP contribution in [0.5, 0.6) is 0 Å². The van der Waals surface area contributed by atoms with Gasteiger partial charge in [-0.25, -0.2) is 9.98 Å². The van der Waals surface area contributed by atoms with E-state index in [0.717, 1.165) is 16.9 Å². The lowest BCUT2D eigenvalue weighted by Crippen LogP contribution is -2.45. The average Bonchev–Trinajstić information content (AvgIpc) is 3.99. The van der Waals surface area contributed by atoms with Gasteiger partial charge in [0, 0.05) is 33.9 Å². The van der Waals surface area contributed by atoms with Gasteiger partial charge in [0.25, 0.3) is 0 Å². The van der Waals surface area contributed by atoms with Gasteiger partial charge in [-0.3, -0.25) is 24.0 Å². The van der Waals surface area contributed by atoms with Crippen molar-refractivity contribution in [2.45, 2.75) is 25.0 Å². The lowest BCUT2D eigenvalue weighted by Gasteiger charge is -2.26. The Bertz CT molecular complexity index is 2760. The van der Waals surface area contributed by atoms with E-state index in [-0.39, 0.29) is 45.7 Å². The predicted octanol–water partition coefficient (Wildman–Crippen LogP) is 7.06. The average molecular weight is 747 g/mol. The Morgan fingerprint density at radius 2 is 1.09 bits per heavy atom. The van der Waals surface area contributed by atoms with Crippen LogP contribution in [0.3, 0.4) is 0 Å². The third-order valence-electron chi connectivity index (χ3n) is 9.69. The van der Waals surface area contributed by atoms with Crippen molar-refractivity contribution < 1.29 is 23.9 Å². The maximum atomic E-state index is 14.7.